The molecule has 1 N–H and O–H groups in total. The quantitative estimate of drug-likeness (QED) is 0.924. The average Bonchev–Trinajstić information content (AvgIpc) is 2.41. The number of aromatic nitrogens is 2. The molecule has 2 heterocycles. The van der Waals surface area contributed by atoms with Crippen LogP contribution in [0.1, 0.15) is 0 Å². The minimum absolute atomic E-state index is 0.106. The molecule has 8 heteroatoms. The van der Waals surface area contributed by atoms with E-state index in [2.05, 4.69) is 9.97 Å². The molecule has 0 aliphatic rings. The number of pyridine rings is 2. The molecule has 0 bridgehead atoms. The Morgan fingerprint density at radius 1 is 1.37 bits per heavy atom. The molecule has 2 aromatic rings. The lowest BCUT2D eigenvalue weighted by Crippen LogP contribution is -2.28. The highest BCUT2D eigenvalue weighted by molar-refractivity contribution is 7.92. The summed E-state index contributed by atoms with van der Waals surface area (Å²) < 4.78 is 25.6. The van der Waals surface area contributed by atoms with Crippen molar-refractivity contribution in [1.29, 1.82) is 0 Å². The van der Waals surface area contributed by atoms with Crippen molar-refractivity contribution in [1.82, 2.24) is 9.97 Å². The van der Waals surface area contributed by atoms with Gasteiger partial charge < -0.3 is 4.98 Å². The van der Waals surface area contributed by atoms with E-state index in [1.165, 1.54) is 13.2 Å². The highest BCUT2D eigenvalue weighted by Gasteiger charge is 2.22. The lowest BCUT2D eigenvalue weighted by Gasteiger charge is -2.18. The fraction of sp³-hybridized carbons (Fsp3) is 0.0909. The number of nitrogens with one attached hydrogen (secondary N) is 1. The fourth-order valence-corrected chi connectivity index (χ4v) is 2.79. The van der Waals surface area contributed by atoms with Crippen molar-refractivity contribution in [2.75, 3.05) is 11.4 Å². The Morgan fingerprint density at radius 2 is 2.11 bits per heavy atom. The zero-order valence-corrected chi connectivity index (χ0v) is 11.4. The van der Waals surface area contributed by atoms with E-state index in [0.29, 0.717) is 0 Å². The van der Waals surface area contributed by atoms with E-state index in [1.54, 1.807) is 18.2 Å². The molecule has 2 aromatic heterocycles. The van der Waals surface area contributed by atoms with Crippen LogP contribution in [0.2, 0.25) is 5.02 Å². The van der Waals surface area contributed by atoms with Gasteiger partial charge in [0.15, 0.2) is 0 Å². The number of nitrogens with zero attached hydrogens (tertiary/aromatic N) is 2. The molecule has 0 saturated carbocycles. The standard InChI is InChI=1S/C11H10ClN3O3S/c1-15(10-4-2-3-5-13-10)19(17,18)8-6-9(12)11(16)14-7-8/h2-7H,1H3,(H,14,16). The molecule has 0 fully saturated rings. The molecule has 6 nitrogen and oxygen atoms in total. The molecule has 0 aromatic carbocycles. The van der Waals surface area contributed by atoms with Gasteiger partial charge in [0, 0.05) is 19.4 Å². The Kier molecular flexibility index (Phi) is 3.59. The van der Waals surface area contributed by atoms with Crippen molar-refractivity contribution < 1.29 is 8.42 Å². The minimum Gasteiger partial charge on any atom is -0.326 e. The van der Waals surface area contributed by atoms with Crippen LogP contribution in [-0.2, 0) is 10.0 Å². The predicted molar refractivity (Wildman–Crippen MR) is 71.9 cm³/mol. The van der Waals surface area contributed by atoms with Gasteiger partial charge in [0.05, 0.1) is 0 Å². The molecular formula is C11H10ClN3O3S. The summed E-state index contributed by atoms with van der Waals surface area (Å²) in [5.41, 5.74) is -0.541. The summed E-state index contributed by atoms with van der Waals surface area (Å²) in [6.07, 6.45) is 2.59. The van der Waals surface area contributed by atoms with Crippen LogP contribution in [0.4, 0.5) is 5.82 Å². The van der Waals surface area contributed by atoms with Crippen molar-refractivity contribution in [3.63, 3.8) is 0 Å². The monoisotopic (exact) mass is 299 g/mol. The van der Waals surface area contributed by atoms with Crippen molar-refractivity contribution in [2.45, 2.75) is 4.90 Å². The second kappa shape index (κ2) is 5.02. The van der Waals surface area contributed by atoms with Crippen LogP contribution in [0.15, 0.2) is 46.3 Å². The maximum atomic E-state index is 12.3. The van der Waals surface area contributed by atoms with Crippen LogP contribution < -0.4 is 9.86 Å². The molecule has 100 valence electrons. The van der Waals surface area contributed by atoms with E-state index in [-0.39, 0.29) is 15.7 Å². The lowest BCUT2D eigenvalue weighted by atomic mass is 10.5. The number of anilines is 1. The first-order chi connectivity index (χ1) is 8.93. The molecule has 0 amide bonds. The summed E-state index contributed by atoms with van der Waals surface area (Å²) in [5, 5.41) is -0.185. The summed E-state index contributed by atoms with van der Waals surface area (Å²) in [6, 6.07) is 6.02. The van der Waals surface area contributed by atoms with Gasteiger partial charge in [-0.15, -0.1) is 0 Å². The zero-order chi connectivity index (χ0) is 14.0. The second-order valence-corrected chi connectivity index (χ2v) is 6.05. The van der Waals surface area contributed by atoms with Gasteiger partial charge in [-0.25, -0.2) is 13.4 Å². The van der Waals surface area contributed by atoms with E-state index in [0.717, 1.165) is 16.6 Å². The van der Waals surface area contributed by atoms with Gasteiger partial charge in [-0.05, 0) is 18.2 Å². The van der Waals surface area contributed by atoms with Gasteiger partial charge in [-0.1, -0.05) is 17.7 Å². The number of halogens is 1. The van der Waals surface area contributed by atoms with E-state index in [9.17, 15) is 13.2 Å². The highest BCUT2D eigenvalue weighted by Crippen LogP contribution is 2.19. The van der Waals surface area contributed by atoms with Crippen LogP contribution in [0.25, 0.3) is 0 Å². The summed E-state index contributed by atoms with van der Waals surface area (Å²) in [5.74, 6) is 0.268. The van der Waals surface area contributed by atoms with Crippen molar-refractivity contribution in [3.05, 3.63) is 52.0 Å². The first-order valence-corrected chi connectivity index (χ1v) is 7.03. The van der Waals surface area contributed by atoms with Gasteiger partial charge in [0.1, 0.15) is 15.7 Å². The summed E-state index contributed by atoms with van der Waals surface area (Å²) in [7, 11) is -2.44. The van der Waals surface area contributed by atoms with Gasteiger partial charge in [0.25, 0.3) is 15.6 Å². The maximum Gasteiger partial charge on any atom is 0.266 e. The van der Waals surface area contributed by atoms with E-state index < -0.39 is 15.6 Å². The first-order valence-electron chi connectivity index (χ1n) is 5.21. The largest absolute Gasteiger partial charge is 0.326 e. The second-order valence-electron chi connectivity index (χ2n) is 3.67. The molecule has 19 heavy (non-hydrogen) atoms. The third-order valence-electron chi connectivity index (χ3n) is 2.46. The third-order valence-corrected chi connectivity index (χ3v) is 4.48. The van der Waals surface area contributed by atoms with Gasteiger partial charge in [-0.3, -0.25) is 9.10 Å². The first kappa shape index (κ1) is 13.6. The van der Waals surface area contributed by atoms with E-state index in [4.69, 9.17) is 11.6 Å². The van der Waals surface area contributed by atoms with Crippen molar-refractivity contribution in [3.8, 4) is 0 Å². The fourth-order valence-electron chi connectivity index (χ4n) is 1.41. The Balaban J connectivity index is 2.48. The van der Waals surface area contributed by atoms with Crippen LogP contribution in [-0.4, -0.2) is 25.4 Å². The molecule has 0 aliphatic carbocycles. The number of rotatable bonds is 3. The molecule has 0 atom stereocenters. The highest BCUT2D eigenvalue weighted by atomic mass is 35.5. The lowest BCUT2D eigenvalue weighted by molar-refractivity contribution is 0.593. The van der Waals surface area contributed by atoms with Crippen LogP contribution in [0.5, 0.6) is 0 Å². The molecule has 2 rings (SSSR count). The van der Waals surface area contributed by atoms with Crippen LogP contribution >= 0.6 is 11.6 Å². The van der Waals surface area contributed by atoms with Gasteiger partial charge >= 0.3 is 0 Å². The minimum atomic E-state index is -3.82. The molecule has 0 radical (unpaired) electrons. The number of aromatic amines is 1. The number of sulfonamides is 1. The van der Waals surface area contributed by atoms with Crippen LogP contribution in [0.3, 0.4) is 0 Å². The summed E-state index contributed by atoms with van der Waals surface area (Å²) in [4.78, 5) is 17.2. The van der Waals surface area contributed by atoms with Gasteiger partial charge in [0.2, 0.25) is 0 Å². The summed E-state index contributed by atoms with van der Waals surface area (Å²) in [6.45, 7) is 0. The Hall–Kier alpha value is -1.86. The number of hydrogen-bond donors (Lipinski definition) is 1. The van der Waals surface area contributed by atoms with Crippen molar-refractivity contribution >= 4 is 27.4 Å². The van der Waals surface area contributed by atoms with Crippen molar-refractivity contribution in [2.24, 2.45) is 0 Å². The Labute approximate surface area is 114 Å². The number of H-pyrrole nitrogens is 1. The average molecular weight is 300 g/mol. The number of hydrogen-bond acceptors (Lipinski definition) is 4. The van der Waals surface area contributed by atoms with E-state index >= 15 is 0 Å². The smallest absolute Gasteiger partial charge is 0.266 e. The molecular weight excluding hydrogens is 290 g/mol. The molecule has 0 unspecified atom stereocenters. The van der Waals surface area contributed by atoms with Gasteiger partial charge in [-0.2, -0.15) is 0 Å². The molecule has 0 aliphatic heterocycles. The molecule has 0 saturated heterocycles. The topological polar surface area (TPSA) is 83.1 Å². The normalized spacial score (nSPS) is 11.3. The van der Waals surface area contributed by atoms with Crippen LogP contribution in [0, 0.1) is 0 Å². The zero-order valence-electron chi connectivity index (χ0n) is 9.87. The SMILES string of the molecule is CN(c1ccccn1)S(=O)(=O)c1c[nH]c(=O)c(Cl)c1. The predicted octanol–water partition coefficient (Wildman–Crippen LogP) is 1.25. The molecule has 0 spiro atoms. The third kappa shape index (κ3) is 2.61. The Morgan fingerprint density at radius 3 is 2.68 bits per heavy atom. The Bertz CT molecular complexity index is 743. The van der Waals surface area contributed by atoms with E-state index in [1.807, 2.05) is 0 Å². The maximum absolute atomic E-state index is 12.3. The summed E-state index contributed by atoms with van der Waals surface area (Å²) >= 11 is 5.63.